The number of piperidine rings is 1. The zero-order valence-corrected chi connectivity index (χ0v) is 15.1. The van der Waals surface area contributed by atoms with Crippen LogP contribution in [0.5, 0.6) is 0 Å². The van der Waals surface area contributed by atoms with E-state index in [0.29, 0.717) is 11.8 Å². The fourth-order valence-corrected chi connectivity index (χ4v) is 4.45. The highest BCUT2D eigenvalue weighted by atomic mass is 16.2. The predicted octanol–water partition coefficient (Wildman–Crippen LogP) is -0.920. The first-order valence-electron chi connectivity index (χ1n) is 9.40. The van der Waals surface area contributed by atoms with Crippen LogP contribution in [-0.4, -0.2) is 62.0 Å². The van der Waals surface area contributed by atoms with E-state index < -0.39 is 0 Å². The third-order valence-electron chi connectivity index (χ3n) is 5.86. The van der Waals surface area contributed by atoms with Crippen LogP contribution in [-0.2, 0) is 0 Å². The lowest BCUT2D eigenvalue weighted by molar-refractivity contribution is 0.211. The Bertz CT molecular complexity index is 627. The van der Waals surface area contributed by atoms with Gasteiger partial charge in [-0.15, -0.1) is 0 Å². The SMILES string of the molecule is CN1C[C@@H](NC(=O)NC2CC3NNC(N)C3CN2)[C@H](c2ccccc2)C1. The van der Waals surface area contributed by atoms with Gasteiger partial charge in [-0.05, 0) is 19.0 Å². The summed E-state index contributed by atoms with van der Waals surface area (Å²) in [6.45, 7) is 2.60. The Labute approximate surface area is 154 Å². The molecule has 3 saturated heterocycles. The standard InChI is InChI=1S/C18H29N7O/c1-25-9-13(11-5-3-2-4-6-11)15(10-25)21-18(26)22-16-7-14-12(8-20-16)17(19)24-23-14/h2-6,12-17,20,23-24H,7-10,19H2,1H3,(H2,21,22,26)/t12?,13-,14?,15+,16?,17?/m0/s1. The highest BCUT2D eigenvalue weighted by molar-refractivity contribution is 5.74. The van der Waals surface area contributed by atoms with Crippen molar-refractivity contribution in [2.75, 3.05) is 26.7 Å². The number of likely N-dealkylation sites (tertiary alicyclic amines) is 1. The summed E-state index contributed by atoms with van der Waals surface area (Å²) in [6, 6.07) is 10.7. The van der Waals surface area contributed by atoms with E-state index in [2.05, 4.69) is 63.0 Å². The molecule has 4 unspecified atom stereocenters. The first-order chi connectivity index (χ1) is 12.6. The number of urea groups is 1. The lowest BCUT2D eigenvalue weighted by Crippen LogP contribution is -2.59. The number of hydrogen-bond donors (Lipinski definition) is 6. The molecule has 0 aliphatic carbocycles. The van der Waals surface area contributed by atoms with Gasteiger partial charge in [0.1, 0.15) is 0 Å². The van der Waals surface area contributed by atoms with Gasteiger partial charge in [-0.1, -0.05) is 30.3 Å². The fraction of sp³-hybridized carbons (Fsp3) is 0.611. The smallest absolute Gasteiger partial charge is 0.316 e. The van der Waals surface area contributed by atoms with Gasteiger partial charge in [-0.3, -0.25) is 10.7 Å². The quantitative estimate of drug-likeness (QED) is 0.417. The van der Waals surface area contributed by atoms with Crippen LogP contribution in [0.1, 0.15) is 17.9 Å². The number of nitrogens with two attached hydrogens (primary N) is 1. The Morgan fingerprint density at radius 3 is 2.81 bits per heavy atom. The maximum atomic E-state index is 12.6. The number of carbonyl (C=O) groups is 1. The molecule has 3 aliphatic rings. The number of fused-ring (bicyclic) bond motifs is 1. The minimum Gasteiger partial charge on any atom is -0.333 e. The minimum absolute atomic E-state index is 0.0390. The van der Waals surface area contributed by atoms with Gasteiger partial charge in [0, 0.05) is 37.5 Å². The van der Waals surface area contributed by atoms with Crippen LogP contribution in [0.3, 0.4) is 0 Å². The predicted molar refractivity (Wildman–Crippen MR) is 100 cm³/mol. The fourth-order valence-electron chi connectivity index (χ4n) is 4.45. The van der Waals surface area contributed by atoms with Crippen LogP contribution in [0.4, 0.5) is 4.79 Å². The Kier molecular flexibility index (Phi) is 5.10. The average molecular weight is 359 g/mol. The number of rotatable bonds is 3. The normalized spacial score (nSPS) is 37.3. The first kappa shape index (κ1) is 17.7. The van der Waals surface area contributed by atoms with E-state index in [1.54, 1.807) is 0 Å². The topological polar surface area (TPSA) is 106 Å². The zero-order valence-electron chi connectivity index (χ0n) is 15.1. The Hall–Kier alpha value is -1.71. The van der Waals surface area contributed by atoms with Gasteiger partial charge in [-0.2, -0.15) is 0 Å². The van der Waals surface area contributed by atoms with Crippen molar-refractivity contribution in [1.29, 1.82) is 0 Å². The molecule has 0 spiro atoms. The monoisotopic (exact) mass is 359 g/mol. The lowest BCUT2D eigenvalue weighted by Gasteiger charge is -2.34. The average Bonchev–Trinajstić information content (AvgIpc) is 3.18. The van der Waals surface area contributed by atoms with Crippen LogP contribution >= 0.6 is 0 Å². The van der Waals surface area contributed by atoms with Crippen molar-refractivity contribution < 1.29 is 4.79 Å². The van der Waals surface area contributed by atoms with E-state index in [1.165, 1.54) is 5.56 Å². The molecule has 1 aromatic rings. The van der Waals surface area contributed by atoms with Crippen molar-refractivity contribution >= 4 is 6.03 Å². The highest BCUT2D eigenvalue weighted by Crippen LogP contribution is 2.26. The van der Waals surface area contributed by atoms with Crippen LogP contribution in [0.15, 0.2) is 30.3 Å². The highest BCUT2D eigenvalue weighted by Gasteiger charge is 2.39. The molecule has 7 N–H and O–H groups in total. The summed E-state index contributed by atoms with van der Waals surface area (Å²) >= 11 is 0. The molecule has 142 valence electrons. The van der Waals surface area contributed by atoms with Crippen LogP contribution in [0.25, 0.3) is 0 Å². The molecule has 8 nitrogen and oxygen atoms in total. The molecule has 0 radical (unpaired) electrons. The second-order valence-electron chi connectivity index (χ2n) is 7.74. The molecular weight excluding hydrogens is 330 g/mol. The molecule has 0 aromatic heterocycles. The maximum Gasteiger partial charge on any atom is 0.316 e. The van der Waals surface area contributed by atoms with E-state index in [1.807, 2.05) is 6.07 Å². The van der Waals surface area contributed by atoms with Crippen molar-refractivity contribution in [2.45, 2.75) is 36.8 Å². The van der Waals surface area contributed by atoms with E-state index >= 15 is 0 Å². The number of benzene rings is 1. The third kappa shape index (κ3) is 3.70. The molecule has 6 atom stereocenters. The maximum absolute atomic E-state index is 12.6. The van der Waals surface area contributed by atoms with Gasteiger partial charge in [0.15, 0.2) is 0 Å². The molecular formula is C18H29N7O. The van der Waals surface area contributed by atoms with Gasteiger partial charge >= 0.3 is 6.03 Å². The first-order valence-corrected chi connectivity index (χ1v) is 9.40. The summed E-state index contributed by atoms with van der Waals surface area (Å²) in [6.07, 6.45) is 0.721. The van der Waals surface area contributed by atoms with Gasteiger partial charge in [-0.25, -0.2) is 10.2 Å². The summed E-state index contributed by atoms with van der Waals surface area (Å²) in [5.74, 6) is 0.663. The molecule has 4 rings (SSSR count). The minimum atomic E-state index is -0.113. The van der Waals surface area contributed by atoms with Crippen LogP contribution < -0.4 is 32.5 Å². The second kappa shape index (κ2) is 7.50. The summed E-state index contributed by atoms with van der Waals surface area (Å²) in [5.41, 5.74) is 13.6. The lowest BCUT2D eigenvalue weighted by atomic mass is 9.92. The third-order valence-corrected chi connectivity index (χ3v) is 5.86. The van der Waals surface area contributed by atoms with Crippen molar-refractivity contribution in [1.82, 2.24) is 31.7 Å². The summed E-state index contributed by atoms with van der Waals surface area (Å²) in [5, 5.41) is 9.64. The summed E-state index contributed by atoms with van der Waals surface area (Å²) in [4.78, 5) is 14.8. The number of amides is 2. The molecule has 0 bridgehead atoms. The van der Waals surface area contributed by atoms with Crippen molar-refractivity contribution in [2.24, 2.45) is 11.7 Å². The van der Waals surface area contributed by atoms with Crippen molar-refractivity contribution in [3.63, 3.8) is 0 Å². The molecule has 26 heavy (non-hydrogen) atoms. The Morgan fingerprint density at radius 1 is 1.19 bits per heavy atom. The van der Waals surface area contributed by atoms with E-state index in [-0.39, 0.29) is 30.4 Å². The molecule has 3 aliphatic heterocycles. The van der Waals surface area contributed by atoms with E-state index in [4.69, 9.17) is 5.73 Å². The van der Waals surface area contributed by atoms with Crippen LogP contribution in [0.2, 0.25) is 0 Å². The van der Waals surface area contributed by atoms with Crippen LogP contribution in [0, 0.1) is 5.92 Å². The van der Waals surface area contributed by atoms with E-state index in [0.717, 1.165) is 26.1 Å². The number of hydrazine groups is 1. The molecule has 2 amide bonds. The summed E-state index contributed by atoms with van der Waals surface area (Å²) in [7, 11) is 2.10. The van der Waals surface area contributed by atoms with Gasteiger partial charge in [0.05, 0.1) is 18.4 Å². The summed E-state index contributed by atoms with van der Waals surface area (Å²) < 4.78 is 0. The number of hydrogen-bond acceptors (Lipinski definition) is 6. The molecule has 3 heterocycles. The zero-order chi connectivity index (χ0) is 18.1. The van der Waals surface area contributed by atoms with Crippen molar-refractivity contribution in [3.05, 3.63) is 35.9 Å². The van der Waals surface area contributed by atoms with Gasteiger partial charge in [0.2, 0.25) is 0 Å². The Morgan fingerprint density at radius 2 is 2.00 bits per heavy atom. The molecule has 3 fully saturated rings. The number of nitrogens with one attached hydrogen (secondary N) is 5. The Balaban J connectivity index is 1.33. The van der Waals surface area contributed by atoms with Crippen molar-refractivity contribution in [3.8, 4) is 0 Å². The molecule has 1 aromatic carbocycles. The van der Waals surface area contributed by atoms with Gasteiger partial charge in [0.25, 0.3) is 0 Å². The van der Waals surface area contributed by atoms with Gasteiger partial charge < -0.3 is 21.3 Å². The largest absolute Gasteiger partial charge is 0.333 e. The molecule has 8 heteroatoms. The number of carbonyl (C=O) groups excluding carboxylic acids is 1. The molecule has 0 saturated carbocycles. The number of likely N-dealkylation sites (N-methyl/N-ethyl adjacent to an activating group) is 1. The second-order valence-corrected chi connectivity index (χ2v) is 7.74. The number of nitrogens with zero attached hydrogens (tertiary/aromatic N) is 1. The van der Waals surface area contributed by atoms with E-state index in [9.17, 15) is 4.79 Å².